The van der Waals surface area contributed by atoms with Gasteiger partial charge in [0.15, 0.2) is 5.96 Å². The Morgan fingerprint density at radius 3 is 2.38 bits per heavy atom. The molecule has 0 saturated carbocycles. The summed E-state index contributed by atoms with van der Waals surface area (Å²) in [4.78, 5) is 8.50. The Morgan fingerprint density at radius 1 is 1.33 bits per heavy atom. The molecule has 1 rings (SSSR count). The van der Waals surface area contributed by atoms with Crippen molar-refractivity contribution in [2.45, 2.75) is 59.5 Å². The SMILES string of the molecule is CN=C(NCc1ncc(C(C)(C)C)o1)NC(C)C(C)C.I. The molecule has 0 amide bonds. The zero-order valence-electron chi connectivity index (χ0n) is 14.2. The van der Waals surface area contributed by atoms with Crippen LogP contribution in [0.5, 0.6) is 0 Å². The van der Waals surface area contributed by atoms with Crippen molar-refractivity contribution in [3.05, 3.63) is 17.8 Å². The fraction of sp³-hybridized carbons (Fsp3) is 0.733. The summed E-state index contributed by atoms with van der Waals surface area (Å²) in [5, 5.41) is 6.56. The van der Waals surface area contributed by atoms with Crippen LogP contribution in [0.4, 0.5) is 0 Å². The minimum atomic E-state index is -0.0165. The third-order valence-electron chi connectivity index (χ3n) is 3.29. The molecule has 6 heteroatoms. The van der Waals surface area contributed by atoms with Gasteiger partial charge >= 0.3 is 0 Å². The molecule has 2 N–H and O–H groups in total. The van der Waals surface area contributed by atoms with E-state index in [0.29, 0.717) is 24.4 Å². The number of halogens is 1. The largest absolute Gasteiger partial charge is 0.443 e. The van der Waals surface area contributed by atoms with Crippen LogP contribution in [0.15, 0.2) is 15.6 Å². The number of aliphatic imine (C=N–C) groups is 1. The van der Waals surface area contributed by atoms with E-state index in [-0.39, 0.29) is 29.4 Å². The zero-order valence-corrected chi connectivity index (χ0v) is 16.5. The van der Waals surface area contributed by atoms with Crippen LogP contribution in [-0.4, -0.2) is 24.0 Å². The predicted octanol–water partition coefficient (Wildman–Crippen LogP) is 3.30. The molecule has 0 aliphatic carbocycles. The van der Waals surface area contributed by atoms with Gasteiger partial charge in [-0.05, 0) is 12.8 Å². The van der Waals surface area contributed by atoms with E-state index in [1.54, 1.807) is 13.2 Å². The topological polar surface area (TPSA) is 62.5 Å². The molecule has 0 bridgehead atoms. The van der Waals surface area contributed by atoms with Crippen molar-refractivity contribution in [3.63, 3.8) is 0 Å². The van der Waals surface area contributed by atoms with Gasteiger partial charge in [-0.1, -0.05) is 34.6 Å². The van der Waals surface area contributed by atoms with Crippen LogP contribution >= 0.6 is 24.0 Å². The lowest BCUT2D eigenvalue weighted by Gasteiger charge is -2.20. The van der Waals surface area contributed by atoms with Gasteiger partial charge in [-0.2, -0.15) is 0 Å². The Labute approximate surface area is 145 Å². The monoisotopic (exact) mass is 408 g/mol. The van der Waals surface area contributed by atoms with Gasteiger partial charge in [0.05, 0.1) is 12.7 Å². The minimum Gasteiger partial charge on any atom is -0.443 e. The van der Waals surface area contributed by atoms with E-state index in [4.69, 9.17) is 4.42 Å². The first-order valence-electron chi connectivity index (χ1n) is 7.16. The van der Waals surface area contributed by atoms with Crippen LogP contribution < -0.4 is 10.6 Å². The lowest BCUT2D eigenvalue weighted by atomic mass is 9.94. The highest BCUT2D eigenvalue weighted by Gasteiger charge is 2.19. The van der Waals surface area contributed by atoms with Crippen molar-refractivity contribution in [3.8, 4) is 0 Å². The maximum absolute atomic E-state index is 5.74. The van der Waals surface area contributed by atoms with Crippen molar-refractivity contribution < 1.29 is 4.42 Å². The smallest absolute Gasteiger partial charge is 0.213 e. The number of nitrogens with zero attached hydrogens (tertiary/aromatic N) is 2. The van der Waals surface area contributed by atoms with Crippen LogP contribution in [-0.2, 0) is 12.0 Å². The summed E-state index contributed by atoms with van der Waals surface area (Å²) in [6.45, 7) is 13.3. The highest BCUT2D eigenvalue weighted by Crippen LogP contribution is 2.22. The second-order valence-electron chi connectivity index (χ2n) is 6.47. The maximum Gasteiger partial charge on any atom is 0.213 e. The Hall–Kier alpha value is -0.790. The lowest BCUT2D eigenvalue weighted by molar-refractivity contribution is 0.379. The van der Waals surface area contributed by atoms with Crippen molar-refractivity contribution in [2.75, 3.05) is 7.05 Å². The molecule has 0 saturated heterocycles. The quantitative estimate of drug-likeness (QED) is 0.456. The number of rotatable bonds is 4. The second-order valence-corrected chi connectivity index (χ2v) is 6.47. The number of guanidine groups is 1. The summed E-state index contributed by atoms with van der Waals surface area (Å²) in [5.74, 6) is 2.88. The van der Waals surface area contributed by atoms with E-state index in [9.17, 15) is 0 Å². The number of aromatic nitrogens is 1. The molecular weight excluding hydrogens is 379 g/mol. The molecule has 0 aliphatic heterocycles. The van der Waals surface area contributed by atoms with Crippen molar-refractivity contribution in [2.24, 2.45) is 10.9 Å². The molecule has 0 fully saturated rings. The van der Waals surface area contributed by atoms with E-state index < -0.39 is 0 Å². The molecule has 1 atom stereocenters. The molecule has 0 spiro atoms. The molecule has 122 valence electrons. The second kappa shape index (κ2) is 8.60. The molecule has 1 aromatic rings. The van der Waals surface area contributed by atoms with E-state index in [1.807, 2.05) is 0 Å². The first-order chi connectivity index (χ1) is 9.24. The fourth-order valence-corrected chi connectivity index (χ4v) is 1.48. The molecule has 5 nitrogen and oxygen atoms in total. The summed E-state index contributed by atoms with van der Waals surface area (Å²) in [7, 11) is 1.76. The Kier molecular flexibility index (Phi) is 8.28. The highest BCUT2D eigenvalue weighted by atomic mass is 127. The molecule has 0 aliphatic rings. The van der Waals surface area contributed by atoms with Gasteiger partial charge < -0.3 is 15.1 Å². The average Bonchev–Trinajstić information content (AvgIpc) is 2.82. The standard InChI is InChI=1S/C15H28N4O.HI/c1-10(2)11(3)19-14(16-7)18-9-13-17-8-12(20-13)15(4,5)6;/h8,10-11H,9H2,1-7H3,(H2,16,18,19);1H. The molecule has 0 aromatic carbocycles. The number of hydrogen-bond donors (Lipinski definition) is 2. The Balaban J connectivity index is 0.00000400. The van der Waals surface area contributed by atoms with Crippen molar-refractivity contribution in [1.82, 2.24) is 15.6 Å². The van der Waals surface area contributed by atoms with Gasteiger partial charge in [0.1, 0.15) is 5.76 Å². The van der Waals surface area contributed by atoms with E-state index in [2.05, 4.69) is 62.2 Å². The van der Waals surface area contributed by atoms with Gasteiger partial charge in [-0.15, -0.1) is 24.0 Å². The third kappa shape index (κ3) is 6.67. The van der Waals surface area contributed by atoms with E-state index in [0.717, 1.165) is 11.7 Å². The van der Waals surface area contributed by atoms with Gasteiger partial charge in [-0.25, -0.2) is 4.98 Å². The summed E-state index contributed by atoms with van der Waals surface area (Å²) in [5.41, 5.74) is -0.0165. The maximum atomic E-state index is 5.74. The summed E-state index contributed by atoms with van der Waals surface area (Å²) >= 11 is 0. The fourth-order valence-electron chi connectivity index (χ4n) is 1.48. The van der Waals surface area contributed by atoms with Gasteiger partial charge in [0.2, 0.25) is 5.89 Å². The molecule has 0 radical (unpaired) electrons. The summed E-state index contributed by atoms with van der Waals surface area (Å²) in [6, 6.07) is 0.357. The van der Waals surface area contributed by atoms with Crippen LogP contribution in [0.1, 0.15) is 53.2 Å². The van der Waals surface area contributed by atoms with E-state index >= 15 is 0 Å². The molecular formula is C15H29IN4O. The number of hydrogen-bond acceptors (Lipinski definition) is 3. The summed E-state index contributed by atoms with van der Waals surface area (Å²) < 4.78 is 5.74. The molecule has 1 aromatic heterocycles. The molecule has 21 heavy (non-hydrogen) atoms. The highest BCUT2D eigenvalue weighted by molar-refractivity contribution is 14.0. The van der Waals surface area contributed by atoms with Crippen molar-refractivity contribution >= 4 is 29.9 Å². The van der Waals surface area contributed by atoms with Crippen LogP contribution in [0, 0.1) is 5.92 Å². The summed E-state index contributed by atoms with van der Waals surface area (Å²) in [6.07, 6.45) is 1.80. The minimum absolute atomic E-state index is 0. The van der Waals surface area contributed by atoms with Gasteiger partial charge in [-0.3, -0.25) is 4.99 Å². The molecule has 1 heterocycles. The zero-order chi connectivity index (χ0) is 15.3. The Morgan fingerprint density at radius 2 is 1.95 bits per heavy atom. The number of oxazole rings is 1. The predicted molar refractivity (Wildman–Crippen MR) is 98.3 cm³/mol. The first kappa shape index (κ1) is 20.2. The first-order valence-corrected chi connectivity index (χ1v) is 7.16. The van der Waals surface area contributed by atoms with Gasteiger partial charge in [0.25, 0.3) is 0 Å². The van der Waals surface area contributed by atoms with Crippen LogP contribution in [0.25, 0.3) is 0 Å². The van der Waals surface area contributed by atoms with Crippen LogP contribution in [0.2, 0.25) is 0 Å². The van der Waals surface area contributed by atoms with E-state index in [1.165, 1.54) is 0 Å². The number of nitrogens with one attached hydrogen (secondary N) is 2. The third-order valence-corrected chi connectivity index (χ3v) is 3.29. The Bertz CT molecular complexity index is 449. The van der Waals surface area contributed by atoms with Crippen molar-refractivity contribution in [1.29, 1.82) is 0 Å². The van der Waals surface area contributed by atoms with Crippen LogP contribution in [0.3, 0.4) is 0 Å². The van der Waals surface area contributed by atoms with Gasteiger partial charge in [0, 0.05) is 18.5 Å². The normalized spacial score (nSPS) is 13.8. The molecule has 1 unspecified atom stereocenters. The lowest BCUT2D eigenvalue weighted by Crippen LogP contribution is -2.43. The average molecular weight is 408 g/mol.